The van der Waals surface area contributed by atoms with Crippen molar-refractivity contribution >= 4 is 46.7 Å². The highest BCUT2D eigenvalue weighted by molar-refractivity contribution is 6.42. The molecule has 0 radical (unpaired) electrons. The van der Waals surface area contributed by atoms with Gasteiger partial charge in [0.05, 0.1) is 10.0 Å². The molecule has 0 aliphatic rings. The SMILES string of the molecule is Cc1cc(NCCCCN(C)C)nc(NC(=O)Nc2ccc(Cl)c(Cl)c2)n1. The van der Waals surface area contributed by atoms with Crippen molar-refractivity contribution < 1.29 is 4.79 Å². The van der Waals surface area contributed by atoms with Crippen molar-refractivity contribution in [2.75, 3.05) is 43.1 Å². The molecule has 1 heterocycles. The van der Waals surface area contributed by atoms with E-state index in [1.54, 1.807) is 18.2 Å². The Morgan fingerprint density at radius 2 is 1.85 bits per heavy atom. The molecule has 0 atom stereocenters. The molecular weight excluding hydrogens is 387 g/mol. The van der Waals surface area contributed by atoms with Crippen molar-refractivity contribution in [2.24, 2.45) is 0 Å². The highest BCUT2D eigenvalue weighted by atomic mass is 35.5. The minimum absolute atomic E-state index is 0.225. The molecule has 0 unspecified atom stereocenters. The van der Waals surface area contributed by atoms with E-state index in [0.29, 0.717) is 21.6 Å². The number of aromatic nitrogens is 2. The molecule has 0 saturated carbocycles. The minimum atomic E-state index is -0.462. The summed E-state index contributed by atoms with van der Waals surface area (Å²) in [6.07, 6.45) is 2.13. The van der Waals surface area contributed by atoms with Crippen LogP contribution in [0.4, 0.5) is 22.2 Å². The standard InChI is InChI=1S/C18H24Cl2N6O/c1-12-10-16(21-8-4-5-9-26(2)3)24-17(22-12)25-18(27)23-13-6-7-14(19)15(20)11-13/h6-7,10-11H,4-5,8-9H2,1-3H3,(H3,21,22,23,24,25,27). The lowest BCUT2D eigenvalue weighted by molar-refractivity contribution is 0.262. The molecular formula is C18H24Cl2N6O. The van der Waals surface area contributed by atoms with E-state index < -0.39 is 6.03 Å². The van der Waals surface area contributed by atoms with Gasteiger partial charge in [-0.25, -0.2) is 9.78 Å². The molecule has 0 aliphatic heterocycles. The molecule has 1 aromatic heterocycles. The van der Waals surface area contributed by atoms with Crippen LogP contribution in [0.3, 0.4) is 0 Å². The summed E-state index contributed by atoms with van der Waals surface area (Å²) in [5.74, 6) is 0.903. The number of urea groups is 1. The molecule has 146 valence electrons. The fourth-order valence-electron chi connectivity index (χ4n) is 2.32. The van der Waals surface area contributed by atoms with Crippen molar-refractivity contribution in [3.8, 4) is 0 Å². The average molecular weight is 411 g/mol. The summed E-state index contributed by atoms with van der Waals surface area (Å²) in [5, 5.41) is 9.34. The molecule has 7 nitrogen and oxygen atoms in total. The number of hydrogen-bond donors (Lipinski definition) is 3. The Balaban J connectivity index is 1.90. The zero-order chi connectivity index (χ0) is 19.8. The third kappa shape index (κ3) is 7.58. The normalized spacial score (nSPS) is 10.7. The molecule has 0 fully saturated rings. The van der Waals surface area contributed by atoms with E-state index in [-0.39, 0.29) is 5.95 Å². The van der Waals surface area contributed by atoms with Crippen LogP contribution in [0, 0.1) is 6.92 Å². The Kier molecular flexibility index (Phi) is 8.09. The zero-order valence-corrected chi connectivity index (χ0v) is 17.2. The number of aryl methyl sites for hydroxylation is 1. The topological polar surface area (TPSA) is 82.2 Å². The fraction of sp³-hybridized carbons (Fsp3) is 0.389. The predicted octanol–water partition coefficient (Wildman–Crippen LogP) is 4.49. The van der Waals surface area contributed by atoms with Crippen LogP contribution in [0.1, 0.15) is 18.5 Å². The minimum Gasteiger partial charge on any atom is -0.370 e. The lowest BCUT2D eigenvalue weighted by Crippen LogP contribution is -2.21. The van der Waals surface area contributed by atoms with Gasteiger partial charge in [-0.2, -0.15) is 4.98 Å². The Morgan fingerprint density at radius 1 is 1.07 bits per heavy atom. The first-order valence-electron chi connectivity index (χ1n) is 8.61. The Hall–Kier alpha value is -2.09. The van der Waals surface area contributed by atoms with Gasteiger partial charge in [-0.15, -0.1) is 0 Å². The second kappa shape index (κ2) is 10.3. The smallest absolute Gasteiger partial charge is 0.326 e. The molecule has 0 spiro atoms. The fourth-order valence-corrected chi connectivity index (χ4v) is 2.62. The van der Waals surface area contributed by atoms with Gasteiger partial charge < -0.3 is 15.5 Å². The molecule has 3 N–H and O–H groups in total. The van der Waals surface area contributed by atoms with Gasteiger partial charge in [-0.3, -0.25) is 5.32 Å². The number of carbonyl (C=O) groups excluding carboxylic acids is 1. The van der Waals surface area contributed by atoms with Crippen molar-refractivity contribution in [3.63, 3.8) is 0 Å². The lowest BCUT2D eigenvalue weighted by Gasteiger charge is -2.11. The van der Waals surface area contributed by atoms with E-state index in [2.05, 4.69) is 44.9 Å². The first-order valence-corrected chi connectivity index (χ1v) is 9.36. The van der Waals surface area contributed by atoms with Crippen LogP contribution in [0.5, 0.6) is 0 Å². The van der Waals surface area contributed by atoms with E-state index >= 15 is 0 Å². The van der Waals surface area contributed by atoms with E-state index in [1.807, 2.05) is 13.0 Å². The first-order chi connectivity index (χ1) is 12.8. The highest BCUT2D eigenvalue weighted by Crippen LogP contribution is 2.25. The maximum atomic E-state index is 12.2. The first kappa shape index (κ1) is 21.2. The molecule has 0 saturated heterocycles. The Bertz CT molecular complexity index is 784. The van der Waals surface area contributed by atoms with Gasteiger partial charge in [0.15, 0.2) is 0 Å². The van der Waals surface area contributed by atoms with Crippen molar-refractivity contribution in [1.82, 2.24) is 14.9 Å². The number of carbonyl (C=O) groups is 1. The molecule has 1 aromatic carbocycles. The van der Waals surface area contributed by atoms with E-state index in [9.17, 15) is 4.79 Å². The van der Waals surface area contributed by atoms with Crippen LogP contribution in [0.25, 0.3) is 0 Å². The third-order valence-corrected chi connectivity index (χ3v) is 4.33. The lowest BCUT2D eigenvalue weighted by atomic mass is 10.3. The second-order valence-electron chi connectivity index (χ2n) is 6.36. The van der Waals surface area contributed by atoms with Crippen molar-refractivity contribution in [1.29, 1.82) is 0 Å². The summed E-state index contributed by atoms with van der Waals surface area (Å²) >= 11 is 11.8. The van der Waals surface area contributed by atoms with Gasteiger partial charge in [0.25, 0.3) is 0 Å². The number of hydrogen-bond acceptors (Lipinski definition) is 5. The van der Waals surface area contributed by atoms with Crippen molar-refractivity contribution in [2.45, 2.75) is 19.8 Å². The molecule has 2 rings (SSSR count). The third-order valence-electron chi connectivity index (χ3n) is 3.60. The zero-order valence-electron chi connectivity index (χ0n) is 15.6. The van der Waals surface area contributed by atoms with E-state index in [0.717, 1.165) is 31.6 Å². The number of anilines is 3. The monoisotopic (exact) mass is 410 g/mol. The van der Waals surface area contributed by atoms with E-state index in [4.69, 9.17) is 23.2 Å². The highest BCUT2D eigenvalue weighted by Gasteiger charge is 2.08. The van der Waals surface area contributed by atoms with Crippen LogP contribution in [-0.4, -0.2) is 48.1 Å². The van der Waals surface area contributed by atoms with Gasteiger partial charge in [0.1, 0.15) is 5.82 Å². The van der Waals surface area contributed by atoms with Crippen LogP contribution >= 0.6 is 23.2 Å². The summed E-state index contributed by atoms with van der Waals surface area (Å²) < 4.78 is 0. The number of halogens is 2. The van der Waals surface area contributed by atoms with Crippen LogP contribution in [0.15, 0.2) is 24.3 Å². The number of nitrogens with one attached hydrogen (secondary N) is 3. The van der Waals surface area contributed by atoms with Gasteiger partial charge >= 0.3 is 6.03 Å². The van der Waals surface area contributed by atoms with Gasteiger partial charge in [-0.05, 0) is 58.6 Å². The summed E-state index contributed by atoms with van der Waals surface area (Å²) in [4.78, 5) is 22.9. The maximum Gasteiger partial charge on any atom is 0.326 e. The number of benzene rings is 1. The summed E-state index contributed by atoms with van der Waals surface area (Å²) in [6.45, 7) is 3.70. The number of nitrogens with zero attached hydrogens (tertiary/aromatic N) is 3. The van der Waals surface area contributed by atoms with Crippen molar-refractivity contribution in [3.05, 3.63) is 40.0 Å². The van der Waals surface area contributed by atoms with Crippen LogP contribution in [0.2, 0.25) is 10.0 Å². The molecule has 9 heteroatoms. The molecule has 2 aromatic rings. The number of rotatable bonds is 8. The summed E-state index contributed by atoms with van der Waals surface area (Å²) in [5.41, 5.74) is 1.28. The Morgan fingerprint density at radius 3 is 2.56 bits per heavy atom. The average Bonchev–Trinajstić information content (AvgIpc) is 2.57. The number of unbranched alkanes of at least 4 members (excludes halogenated alkanes) is 1. The summed E-state index contributed by atoms with van der Waals surface area (Å²) in [7, 11) is 4.12. The van der Waals surface area contributed by atoms with Gasteiger partial charge in [0, 0.05) is 24.0 Å². The predicted molar refractivity (Wildman–Crippen MR) is 112 cm³/mol. The quantitative estimate of drug-likeness (QED) is 0.558. The molecule has 0 aliphatic carbocycles. The molecule has 2 amide bonds. The van der Waals surface area contributed by atoms with E-state index in [1.165, 1.54) is 0 Å². The molecule has 0 bridgehead atoms. The largest absolute Gasteiger partial charge is 0.370 e. The summed E-state index contributed by atoms with van der Waals surface area (Å²) in [6, 6.07) is 6.22. The second-order valence-corrected chi connectivity index (χ2v) is 7.18. The van der Waals surface area contributed by atoms with Gasteiger partial charge in [-0.1, -0.05) is 23.2 Å². The maximum absolute atomic E-state index is 12.2. The van der Waals surface area contributed by atoms with Crippen LogP contribution < -0.4 is 16.0 Å². The number of amides is 2. The van der Waals surface area contributed by atoms with Gasteiger partial charge in [0.2, 0.25) is 5.95 Å². The molecule has 27 heavy (non-hydrogen) atoms. The van der Waals surface area contributed by atoms with Crippen LogP contribution in [-0.2, 0) is 0 Å². The Labute approximate surface area is 169 Å².